The van der Waals surface area contributed by atoms with E-state index < -0.39 is 5.97 Å². The van der Waals surface area contributed by atoms with E-state index in [2.05, 4.69) is 11.4 Å². The summed E-state index contributed by atoms with van der Waals surface area (Å²) >= 11 is 3.02. The largest absolute Gasteiger partial charge is 0.452 e. The molecular formula is C21H23NO3S2. The number of amides is 1. The van der Waals surface area contributed by atoms with E-state index in [4.69, 9.17) is 4.74 Å². The van der Waals surface area contributed by atoms with Crippen molar-refractivity contribution < 1.29 is 14.3 Å². The van der Waals surface area contributed by atoms with Crippen LogP contribution < -0.4 is 5.32 Å². The lowest BCUT2D eigenvalue weighted by Crippen LogP contribution is -2.30. The molecule has 4 nitrogen and oxygen atoms in total. The summed E-state index contributed by atoms with van der Waals surface area (Å²) in [5.41, 5.74) is 1.89. The van der Waals surface area contributed by atoms with Crippen LogP contribution >= 0.6 is 22.7 Å². The number of esters is 1. The average Bonchev–Trinajstić information content (AvgIpc) is 3.39. The van der Waals surface area contributed by atoms with E-state index >= 15 is 0 Å². The van der Waals surface area contributed by atoms with Gasteiger partial charge in [-0.2, -0.15) is 0 Å². The van der Waals surface area contributed by atoms with Gasteiger partial charge in [0.15, 0.2) is 6.61 Å². The molecule has 1 N–H and O–H groups in total. The molecule has 6 heteroatoms. The first-order valence-corrected chi connectivity index (χ1v) is 10.9. The molecule has 0 saturated heterocycles. The van der Waals surface area contributed by atoms with E-state index in [1.807, 2.05) is 41.1 Å². The van der Waals surface area contributed by atoms with Gasteiger partial charge < -0.3 is 10.1 Å². The minimum absolute atomic E-state index is 0.259. The molecule has 0 spiro atoms. The molecule has 2 aromatic rings. The minimum atomic E-state index is -0.476. The number of hydrogen-bond donors (Lipinski definition) is 1. The van der Waals surface area contributed by atoms with Crippen LogP contribution in [0.1, 0.15) is 41.9 Å². The van der Waals surface area contributed by atoms with Crippen molar-refractivity contribution in [1.29, 1.82) is 0 Å². The lowest BCUT2D eigenvalue weighted by Gasteiger charge is -2.13. The smallest absolute Gasteiger partial charge is 0.340 e. The number of ether oxygens (including phenoxy) is 1. The fourth-order valence-corrected chi connectivity index (χ4v) is 4.32. The summed E-state index contributed by atoms with van der Waals surface area (Å²) < 4.78 is 5.26. The number of allylic oxidation sites excluding steroid dienone is 1. The molecule has 2 aromatic heterocycles. The van der Waals surface area contributed by atoms with E-state index in [0.717, 1.165) is 29.0 Å². The second-order valence-corrected chi connectivity index (χ2v) is 8.26. The van der Waals surface area contributed by atoms with Gasteiger partial charge in [-0.25, -0.2) is 4.79 Å². The normalized spacial score (nSPS) is 14.5. The minimum Gasteiger partial charge on any atom is -0.452 e. The number of carbonyl (C=O) groups excluding carboxylic acids is 2. The lowest BCUT2D eigenvalue weighted by molar-refractivity contribution is -0.142. The molecule has 27 heavy (non-hydrogen) atoms. The third-order valence-corrected chi connectivity index (χ3v) is 6.05. The third-order valence-electron chi connectivity index (χ3n) is 4.32. The second-order valence-electron chi connectivity index (χ2n) is 6.33. The van der Waals surface area contributed by atoms with E-state index in [1.165, 1.54) is 29.8 Å². The van der Waals surface area contributed by atoms with E-state index in [-0.39, 0.29) is 12.5 Å². The van der Waals surface area contributed by atoms with Crippen LogP contribution in [0.4, 0.5) is 0 Å². The Morgan fingerprint density at radius 2 is 2.00 bits per heavy atom. The van der Waals surface area contributed by atoms with Gasteiger partial charge in [-0.3, -0.25) is 4.79 Å². The van der Waals surface area contributed by atoms with Crippen molar-refractivity contribution in [2.24, 2.45) is 0 Å². The van der Waals surface area contributed by atoms with Gasteiger partial charge in [-0.1, -0.05) is 23.8 Å². The molecule has 0 aliphatic heterocycles. The molecule has 0 radical (unpaired) electrons. The zero-order valence-corrected chi connectivity index (χ0v) is 16.7. The second kappa shape index (κ2) is 10.2. The van der Waals surface area contributed by atoms with Gasteiger partial charge in [-0.05, 0) is 61.1 Å². The Morgan fingerprint density at radius 3 is 2.70 bits per heavy atom. The third kappa shape index (κ3) is 6.19. The summed E-state index contributed by atoms with van der Waals surface area (Å²) in [6.45, 7) is 0.329. The number of hydrogen-bond acceptors (Lipinski definition) is 5. The van der Waals surface area contributed by atoms with Crippen LogP contribution in [0.15, 0.2) is 46.7 Å². The predicted molar refractivity (Wildman–Crippen MR) is 112 cm³/mol. The molecule has 0 bridgehead atoms. The Balaban J connectivity index is 1.50. The molecule has 0 fully saturated rings. The highest BCUT2D eigenvalue weighted by atomic mass is 32.1. The maximum Gasteiger partial charge on any atom is 0.340 e. The fraction of sp³-hybridized carbons (Fsp3) is 0.333. The number of rotatable bonds is 8. The maximum atomic E-state index is 12.5. The highest BCUT2D eigenvalue weighted by Crippen LogP contribution is 2.25. The molecule has 142 valence electrons. The number of carbonyl (C=O) groups is 2. The van der Waals surface area contributed by atoms with Gasteiger partial charge >= 0.3 is 5.97 Å². The molecule has 1 amide bonds. The Morgan fingerprint density at radius 1 is 1.15 bits per heavy atom. The van der Waals surface area contributed by atoms with E-state index in [9.17, 15) is 9.59 Å². The Kier molecular flexibility index (Phi) is 7.42. The van der Waals surface area contributed by atoms with Crippen molar-refractivity contribution in [3.05, 3.63) is 56.4 Å². The van der Waals surface area contributed by atoms with Gasteiger partial charge in [0.25, 0.3) is 5.91 Å². The predicted octanol–water partition coefficient (Wildman–Crippen LogP) is 4.90. The zero-order chi connectivity index (χ0) is 18.9. The van der Waals surface area contributed by atoms with Gasteiger partial charge in [0.2, 0.25) is 0 Å². The first-order valence-electron chi connectivity index (χ1n) is 9.13. The monoisotopic (exact) mass is 401 g/mol. The lowest BCUT2D eigenvalue weighted by atomic mass is 9.97. The average molecular weight is 402 g/mol. The number of thiophene rings is 2. The molecular weight excluding hydrogens is 378 g/mol. The Bertz CT molecular complexity index is 805. The van der Waals surface area contributed by atoms with Crippen LogP contribution in [0.25, 0.3) is 11.6 Å². The summed E-state index contributed by atoms with van der Waals surface area (Å²) in [5.74, 6) is -0.739. The van der Waals surface area contributed by atoms with Crippen LogP contribution in [-0.4, -0.2) is 25.0 Å². The Labute approximate surface area is 167 Å². The van der Waals surface area contributed by atoms with Crippen molar-refractivity contribution in [1.82, 2.24) is 5.32 Å². The van der Waals surface area contributed by atoms with Crippen LogP contribution in [0, 0.1) is 0 Å². The molecule has 0 unspecified atom stereocenters. The van der Waals surface area contributed by atoms with Crippen molar-refractivity contribution in [2.75, 3.05) is 13.2 Å². The summed E-state index contributed by atoms with van der Waals surface area (Å²) in [6, 6.07) is 7.65. The van der Waals surface area contributed by atoms with Crippen LogP contribution in [0.2, 0.25) is 0 Å². The van der Waals surface area contributed by atoms with Crippen LogP contribution in [0.3, 0.4) is 0 Å². The highest BCUT2D eigenvalue weighted by molar-refractivity contribution is 7.12. The van der Waals surface area contributed by atoms with Gasteiger partial charge in [0.1, 0.15) is 0 Å². The number of nitrogens with one attached hydrogen (secondary N) is 1. The van der Waals surface area contributed by atoms with Crippen molar-refractivity contribution in [3.8, 4) is 0 Å². The first-order chi connectivity index (χ1) is 13.2. The first kappa shape index (κ1) is 19.6. The van der Waals surface area contributed by atoms with Gasteiger partial charge in [0, 0.05) is 16.3 Å². The summed E-state index contributed by atoms with van der Waals surface area (Å²) in [7, 11) is 0. The quantitative estimate of drug-likeness (QED) is 0.389. The SMILES string of the molecule is O=C(COC(=O)C(=Cc1cccs1)c1cccs1)NCCC1=CCCCC1. The molecule has 1 aliphatic carbocycles. The van der Waals surface area contributed by atoms with Gasteiger partial charge in [-0.15, -0.1) is 22.7 Å². The molecule has 0 atom stereocenters. The summed E-state index contributed by atoms with van der Waals surface area (Å²) in [5, 5.41) is 6.70. The molecule has 3 rings (SSSR count). The topological polar surface area (TPSA) is 55.4 Å². The van der Waals surface area contributed by atoms with E-state index in [1.54, 1.807) is 11.3 Å². The van der Waals surface area contributed by atoms with E-state index in [0.29, 0.717) is 12.1 Å². The molecule has 1 aliphatic rings. The summed E-state index contributed by atoms with van der Waals surface area (Å²) in [6.07, 6.45) is 9.73. The van der Waals surface area contributed by atoms with Crippen molar-refractivity contribution >= 4 is 46.2 Å². The fourth-order valence-electron chi connectivity index (χ4n) is 2.93. The van der Waals surface area contributed by atoms with Crippen molar-refractivity contribution in [2.45, 2.75) is 32.1 Å². The standard InChI is InChI=1S/C21H23NO3S2/c23-20(22-11-10-16-6-2-1-3-7-16)15-25-21(24)18(19-9-5-13-27-19)14-17-8-4-12-26-17/h4-6,8-9,12-14H,1-3,7,10-11,15H2,(H,22,23). The molecule has 0 saturated carbocycles. The van der Waals surface area contributed by atoms with Crippen LogP contribution in [0.5, 0.6) is 0 Å². The van der Waals surface area contributed by atoms with Crippen molar-refractivity contribution in [3.63, 3.8) is 0 Å². The summed E-state index contributed by atoms with van der Waals surface area (Å²) in [4.78, 5) is 26.3. The maximum absolute atomic E-state index is 12.5. The van der Waals surface area contributed by atoms with Crippen LogP contribution in [-0.2, 0) is 14.3 Å². The highest BCUT2D eigenvalue weighted by Gasteiger charge is 2.16. The van der Waals surface area contributed by atoms with Gasteiger partial charge in [0.05, 0.1) is 5.57 Å². The zero-order valence-electron chi connectivity index (χ0n) is 15.1. The molecule has 2 heterocycles. The molecule has 0 aromatic carbocycles. The Hall–Kier alpha value is -2.18.